The van der Waals surface area contributed by atoms with Crippen molar-refractivity contribution in [1.29, 1.82) is 0 Å². The predicted molar refractivity (Wildman–Crippen MR) is 95.1 cm³/mol. The van der Waals surface area contributed by atoms with Crippen LogP contribution in [-0.4, -0.2) is 74.0 Å². The second-order valence-electron chi connectivity index (χ2n) is 5.86. The van der Waals surface area contributed by atoms with Crippen LogP contribution in [0.1, 0.15) is 19.6 Å². The van der Waals surface area contributed by atoms with Gasteiger partial charge in [-0.2, -0.15) is 0 Å². The Kier molecular flexibility index (Phi) is 7.61. The maximum Gasteiger partial charge on any atom is 0.219 e. The Morgan fingerprint density at radius 2 is 2.08 bits per heavy atom. The van der Waals surface area contributed by atoms with Gasteiger partial charge in [-0.1, -0.05) is 0 Å². The van der Waals surface area contributed by atoms with E-state index in [4.69, 9.17) is 4.42 Å². The molecule has 1 amide bonds. The normalized spacial score (nSPS) is 16.2. The Morgan fingerprint density at radius 3 is 2.71 bits per heavy atom. The van der Waals surface area contributed by atoms with E-state index in [1.54, 1.807) is 13.2 Å². The summed E-state index contributed by atoms with van der Waals surface area (Å²) in [6.07, 6.45) is 2.53. The molecule has 2 rings (SSSR count). The van der Waals surface area contributed by atoms with E-state index in [0.29, 0.717) is 0 Å². The van der Waals surface area contributed by atoms with E-state index in [1.807, 2.05) is 17.0 Å². The first-order chi connectivity index (χ1) is 11.7. The van der Waals surface area contributed by atoms with E-state index in [2.05, 4.69) is 27.4 Å². The molecule has 2 heterocycles. The number of guanidine groups is 1. The number of hydrogen-bond donors (Lipinski definition) is 2. The van der Waals surface area contributed by atoms with Crippen molar-refractivity contribution in [3.63, 3.8) is 0 Å². The lowest BCUT2D eigenvalue weighted by molar-refractivity contribution is -0.130. The molecule has 0 unspecified atom stereocenters. The molecule has 7 nitrogen and oxygen atoms in total. The smallest absolute Gasteiger partial charge is 0.219 e. The minimum absolute atomic E-state index is 0.169. The van der Waals surface area contributed by atoms with Crippen molar-refractivity contribution >= 4 is 11.9 Å². The van der Waals surface area contributed by atoms with Crippen LogP contribution in [0.4, 0.5) is 0 Å². The molecule has 2 N–H and O–H groups in total. The average molecular weight is 335 g/mol. The van der Waals surface area contributed by atoms with Crippen LogP contribution < -0.4 is 10.6 Å². The van der Waals surface area contributed by atoms with Crippen molar-refractivity contribution in [2.24, 2.45) is 4.99 Å². The quantitative estimate of drug-likeness (QED) is 0.562. The van der Waals surface area contributed by atoms with Gasteiger partial charge in [0.15, 0.2) is 5.96 Å². The van der Waals surface area contributed by atoms with Crippen molar-refractivity contribution in [2.45, 2.75) is 20.3 Å². The summed E-state index contributed by atoms with van der Waals surface area (Å²) in [4.78, 5) is 20.2. The lowest BCUT2D eigenvalue weighted by atomic mass is 10.3. The van der Waals surface area contributed by atoms with E-state index in [9.17, 15) is 4.79 Å². The summed E-state index contributed by atoms with van der Waals surface area (Å²) in [7, 11) is 0. The van der Waals surface area contributed by atoms with Crippen molar-refractivity contribution < 1.29 is 9.21 Å². The summed E-state index contributed by atoms with van der Waals surface area (Å²) in [5, 5.41) is 6.59. The van der Waals surface area contributed by atoms with Gasteiger partial charge in [-0.25, -0.2) is 0 Å². The molecule has 0 aliphatic carbocycles. The van der Waals surface area contributed by atoms with Gasteiger partial charge >= 0.3 is 0 Å². The molecule has 1 aromatic heterocycles. The highest BCUT2D eigenvalue weighted by molar-refractivity contribution is 5.79. The zero-order valence-corrected chi connectivity index (χ0v) is 14.8. The number of hydrogen-bond acceptors (Lipinski definition) is 4. The molecule has 0 saturated carbocycles. The van der Waals surface area contributed by atoms with E-state index in [0.717, 1.165) is 70.5 Å². The van der Waals surface area contributed by atoms with Gasteiger partial charge < -0.3 is 20.0 Å². The lowest BCUT2D eigenvalue weighted by Gasteiger charge is -2.33. The monoisotopic (exact) mass is 335 g/mol. The van der Waals surface area contributed by atoms with E-state index in [1.165, 1.54) is 0 Å². The summed E-state index contributed by atoms with van der Waals surface area (Å²) in [5.74, 6) is 1.98. The van der Waals surface area contributed by atoms with Crippen LogP contribution in [0, 0.1) is 0 Å². The fourth-order valence-corrected chi connectivity index (χ4v) is 2.69. The molecule has 1 aromatic rings. The number of aliphatic imine (C=N–C) groups is 1. The van der Waals surface area contributed by atoms with Gasteiger partial charge in [-0.3, -0.25) is 14.7 Å². The van der Waals surface area contributed by atoms with Crippen LogP contribution in [0.2, 0.25) is 0 Å². The molecule has 1 aliphatic rings. The standard InChI is InChI=1S/C17H29N5O2/c1-3-18-17(19-7-6-16-5-4-14-24-16)20-8-9-21-10-12-22(13-11-21)15(2)23/h4-5,14H,3,6-13H2,1-2H3,(H2,18,19,20). The number of piperazine rings is 1. The summed E-state index contributed by atoms with van der Waals surface area (Å²) >= 11 is 0. The second-order valence-corrected chi connectivity index (χ2v) is 5.86. The highest BCUT2D eigenvalue weighted by Crippen LogP contribution is 2.01. The van der Waals surface area contributed by atoms with Crippen molar-refractivity contribution in [2.75, 3.05) is 52.4 Å². The molecule has 1 fully saturated rings. The molecule has 134 valence electrons. The number of nitrogens with zero attached hydrogens (tertiary/aromatic N) is 3. The molecule has 24 heavy (non-hydrogen) atoms. The summed E-state index contributed by atoms with van der Waals surface area (Å²) in [6.45, 7) is 10.5. The van der Waals surface area contributed by atoms with Crippen LogP contribution >= 0.6 is 0 Å². The highest BCUT2D eigenvalue weighted by atomic mass is 16.3. The zero-order chi connectivity index (χ0) is 17.2. The van der Waals surface area contributed by atoms with Gasteiger partial charge in [0.2, 0.25) is 5.91 Å². The number of carbonyl (C=O) groups is 1. The summed E-state index contributed by atoms with van der Waals surface area (Å²) in [6, 6.07) is 3.88. The maximum absolute atomic E-state index is 11.3. The second kappa shape index (κ2) is 9.97. The Hall–Kier alpha value is -2.02. The van der Waals surface area contributed by atoms with Gasteiger partial charge in [0.1, 0.15) is 5.76 Å². The molecule has 7 heteroatoms. The number of amides is 1. The topological polar surface area (TPSA) is 73.1 Å². The van der Waals surface area contributed by atoms with Crippen molar-refractivity contribution in [1.82, 2.24) is 20.4 Å². The van der Waals surface area contributed by atoms with Crippen molar-refractivity contribution in [3.8, 4) is 0 Å². The molecule has 1 saturated heterocycles. The van der Waals surface area contributed by atoms with Crippen LogP contribution in [0.25, 0.3) is 0 Å². The minimum Gasteiger partial charge on any atom is -0.469 e. The fourth-order valence-electron chi connectivity index (χ4n) is 2.69. The van der Waals surface area contributed by atoms with Gasteiger partial charge in [-0.15, -0.1) is 0 Å². The largest absolute Gasteiger partial charge is 0.469 e. The lowest BCUT2D eigenvalue weighted by Crippen LogP contribution is -2.48. The Morgan fingerprint density at radius 1 is 1.29 bits per heavy atom. The molecule has 0 spiro atoms. The van der Waals surface area contributed by atoms with E-state index < -0.39 is 0 Å². The van der Waals surface area contributed by atoms with E-state index >= 15 is 0 Å². The van der Waals surface area contributed by atoms with Crippen LogP contribution in [0.15, 0.2) is 27.8 Å². The first-order valence-electron chi connectivity index (χ1n) is 8.71. The molecule has 0 radical (unpaired) electrons. The predicted octanol–water partition coefficient (Wildman–Crippen LogP) is 0.541. The summed E-state index contributed by atoms with van der Waals surface area (Å²) in [5.41, 5.74) is 0. The third-order valence-electron chi connectivity index (χ3n) is 4.09. The molecule has 0 bridgehead atoms. The number of nitrogens with one attached hydrogen (secondary N) is 2. The first-order valence-corrected chi connectivity index (χ1v) is 8.71. The van der Waals surface area contributed by atoms with Gasteiger partial charge in [0.25, 0.3) is 0 Å². The molecule has 0 aromatic carbocycles. The molecule has 0 atom stereocenters. The highest BCUT2D eigenvalue weighted by Gasteiger charge is 2.17. The minimum atomic E-state index is 0.169. The van der Waals surface area contributed by atoms with Gasteiger partial charge in [0.05, 0.1) is 12.8 Å². The zero-order valence-electron chi connectivity index (χ0n) is 14.8. The molecular formula is C17H29N5O2. The van der Waals surface area contributed by atoms with Gasteiger partial charge in [0, 0.05) is 59.2 Å². The summed E-state index contributed by atoms with van der Waals surface area (Å²) < 4.78 is 5.33. The Balaban J connectivity index is 1.67. The Labute approximate surface area is 144 Å². The number of rotatable bonds is 7. The Bertz CT molecular complexity index is 507. The van der Waals surface area contributed by atoms with Gasteiger partial charge in [-0.05, 0) is 19.1 Å². The fraction of sp³-hybridized carbons (Fsp3) is 0.647. The van der Waals surface area contributed by atoms with Crippen molar-refractivity contribution in [3.05, 3.63) is 24.2 Å². The SMILES string of the molecule is CCNC(=NCCN1CCN(C(C)=O)CC1)NCCc1ccco1. The van der Waals surface area contributed by atoms with E-state index in [-0.39, 0.29) is 5.91 Å². The van der Waals surface area contributed by atoms with Crippen LogP contribution in [0.3, 0.4) is 0 Å². The molecular weight excluding hydrogens is 306 g/mol. The van der Waals surface area contributed by atoms with Crippen LogP contribution in [0.5, 0.6) is 0 Å². The number of carbonyl (C=O) groups excluding carboxylic acids is 1. The number of furan rings is 1. The third-order valence-corrected chi connectivity index (χ3v) is 4.09. The average Bonchev–Trinajstić information content (AvgIpc) is 3.09. The molecule has 1 aliphatic heterocycles. The third kappa shape index (κ3) is 6.23. The first kappa shape index (κ1) is 18.3. The maximum atomic E-state index is 11.3. The van der Waals surface area contributed by atoms with Crippen LogP contribution in [-0.2, 0) is 11.2 Å².